The molecule has 0 amide bonds. The monoisotopic (exact) mass is 512 g/mol. The van der Waals surface area contributed by atoms with Gasteiger partial charge in [-0.15, -0.1) is 11.3 Å². The Morgan fingerprint density at radius 3 is 2.43 bits per heavy atom. The van der Waals surface area contributed by atoms with Crippen LogP contribution in [0.2, 0.25) is 0 Å². The quantitative estimate of drug-likeness (QED) is 0.279. The van der Waals surface area contributed by atoms with Gasteiger partial charge in [-0.05, 0) is 42.5 Å². The first-order chi connectivity index (χ1) is 17.0. The normalized spacial score (nSPS) is 13.6. The van der Waals surface area contributed by atoms with Gasteiger partial charge in [0.25, 0.3) is 0 Å². The van der Waals surface area contributed by atoms with Gasteiger partial charge >= 0.3 is 5.97 Å². The molecule has 0 saturated heterocycles. The van der Waals surface area contributed by atoms with Crippen LogP contribution in [0.5, 0.6) is 5.75 Å². The summed E-state index contributed by atoms with van der Waals surface area (Å²) in [6.45, 7) is 4.42. The van der Waals surface area contributed by atoms with Crippen LogP contribution in [0.15, 0.2) is 52.9 Å². The number of benzene rings is 2. The van der Waals surface area contributed by atoms with Crippen molar-refractivity contribution in [1.82, 2.24) is 4.98 Å². The van der Waals surface area contributed by atoms with Crippen molar-refractivity contribution in [2.75, 3.05) is 11.8 Å². The first kappa shape index (κ1) is 27.1. The summed E-state index contributed by atoms with van der Waals surface area (Å²) in [6, 6.07) is 13.6. The molecule has 0 atom stereocenters. The molecule has 1 fully saturated rings. The molecule has 2 N–H and O–H groups in total. The molecule has 188 valence electrons. The van der Waals surface area contributed by atoms with Crippen molar-refractivity contribution in [2.24, 2.45) is 0 Å². The summed E-state index contributed by atoms with van der Waals surface area (Å²) in [7, 11) is 1.52. The van der Waals surface area contributed by atoms with Gasteiger partial charge in [-0.2, -0.15) is 0 Å². The van der Waals surface area contributed by atoms with Crippen LogP contribution < -0.4 is 9.46 Å². The molecule has 7 heteroatoms. The van der Waals surface area contributed by atoms with Crippen LogP contribution in [-0.4, -0.2) is 23.2 Å². The van der Waals surface area contributed by atoms with Gasteiger partial charge in [0.1, 0.15) is 15.8 Å². The van der Waals surface area contributed by atoms with E-state index in [9.17, 15) is 4.79 Å². The number of aromatic nitrogens is 1. The van der Waals surface area contributed by atoms with Crippen LogP contribution in [0.3, 0.4) is 0 Å². The number of carbonyl (C=O) groups is 1. The van der Waals surface area contributed by atoms with Crippen LogP contribution in [-0.2, 0) is 0 Å². The number of aromatic carboxylic acids is 1. The van der Waals surface area contributed by atoms with Crippen molar-refractivity contribution in [3.63, 3.8) is 0 Å². The van der Waals surface area contributed by atoms with Crippen molar-refractivity contribution in [2.45, 2.75) is 76.2 Å². The number of rotatable bonds is 9. The minimum Gasteiger partial charge on any atom is -0.495 e. The molecule has 1 heterocycles. The molecule has 0 spiro atoms. The number of carboxylic acids is 1. The summed E-state index contributed by atoms with van der Waals surface area (Å²) in [5, 5.41) is 13.0. The predicted octanol–water partition coefficient (Wildman–Crippen LogP) is 8.88. The third-order valence-corrected chi connectivity index (χ3v) is 7.92. The van der Waals surface area contributed by atoms with Gasteiger partial charge in [-0.25, -0.2) is 9.78 Å². The van der Waals surface area contributed by atoms with E-state index < -0.39 is 5.97 Å². The fourth-order valence-electron chi connectivity index (χ4n) is 4.14. The number of carboxylic acid groups (broad SMARTS) is 1. The lowest BCUT2D eigenvalue weighted by Crippen LogP contribution is -2.04. The standard InChI is InChI=1S/C23H24N2O3S2.C5H12/c1-28-20-13-18(23(26)27)11-12-19(20)25-30-21-14-29-22(24-21)17-9-7-16(8-10-17)15-5-3-2-4-6-15;1-3-5-4-2/h7-15,25H,2-6H2,1H3,(H,26,27);3-5H2,1-2H3. The van der Waals surface area contributed by atoms with Crippen molar-refractivity contribution in [3.05, 3.63) is 59.0 Å². The lowest BCUT2D eigenvalue weighted by Gasteiger charge is -2.21. The molecular formula is C28H36N2O3S2. The smallest absolute Gasteiger partial charge is 0.335 e. The summed E-state index contributed by atoms with van der Waals surface area (Å²) in [5.41, 5.74) is 3.48. The highest BCUT2D eigenvalue weighted by Gasteiger charge is 2.16. The number of hydrogen-bond donors (Lipinski definition) is 2. The maximum Gasteiger partial charge on any atom is 0.335 e. The number of thiazole rings is 1. The van der Waals surface area contributed by atoms with Crippen LogP contribution in [0.25, 0.3) is 10.6 Å². The first-order valence-corrected chi connectivity index (χ1v) is 14.1. The van der Waals surface area contributed by atoms with E-state index in [1.807, 2.05) is 5.38 Å². The Kier molecular flexibility index (Phi) is 10.9. The predicted molar refractivity (Wildman–Crippen MR) is 148 cm³/mol. The van der Waals surface area contributed by atoms with Crippen molar-refractivity contribution < 1.29 is 14.6 Å². The molecule has 3 aromatic rings. The molecule has 0 aliphatic heterocycles. The van der Waals surface area contributed by atoms with Gasteiger partial charge in [-0.3, -0.25) is 0 Å². The molecule has 4 rings (SSSR count). The van der Waals surface area contributed by atoms with Crippen LogP contribution in [0.1, 0.15) is 87.1 Å². The van der Waals surface area contributed by atoms with Crippen LogP contribution >= 0.6 is 23.3 Å². The molecule has 1 aromatic heterocycles. The molecule has 2 aromatic carbocycles. The Labute approximate surface area is 217 Å². The number of nitrogens with one attached hydrogen (secondary N) is 1. The fourth-order valence-corrected chi connectivity index (χ4v) is 5.74. The maximum atomic E-state index is 11.1. The Morgan fingerprint density at radius 2 is 1.83 bits per heavy atom. The zero-order chi connectivity index (χ0) is 25.0. The maximum absolute atomic E-state index is 11.1. The molecular weight excluding hydrogens is 476 g/mol. The minimum atomic E-state index is -0.980. The van der Waals surface area contributed by atoms with E-state index in [4.69, 9.17) is 14.8 Å². The lowest BCUT2D eigenvalue weighted by molar-refractivity contribution is 0.0696. The van der Waals surface area contributed by atoms with Gasteiger partial charge in [0.05, 0.1) is 18.4 Å². The summed E-state index contributed by atoms with van der Waals surface area (Å²) < 4.78 is 8.51. The summed E-state index contributed by atoms with van der Waals surface area (Å²) in [5.74, 6) is 0.212. The number of methoxy groups -OCH3 is 1. The van der Waals surface area contributed by atoms with E-state index in [0.717, 1.165) is 15.6 Å². The molecule has 0 radical (unpaired) electrons. The highest BCUT2D eigenvalue weighted by atomic mass is 32.2. The average molecular weight is 513 g/mol. The van der Waals surface area contributed by atoms with Gasteiger partial charge in [0.15, 0.2) is 0 Å². The van der Waals surface area contributed by atoms with E-state index >= 15 is 0 Å². The Bertz CT molecular complexity index is 1060. The highest BCUT2D eigenvalue weighted by Crippen LogP contribution is 2.35. The molecule has 5 nitrogen and oxygen atoms in total. The Balaban J connectivity index is 0.000000623. The fraction of sp³-hybridized carbons (Fsp3) is 0.429. The van der Waals surface area contributed by atoms with Crippen molar-refractivity contribution in [1.29, 1.82) is 0 Å². The second kappa shape index (κ2) is 14.1. The van der Waals surface area contributed by atoms with E-state index in [-0.39, 0.29) is 5.56 Å². The summed E-state index contributed by atoms with van der Waals surface area (Å²) in [4.78, 5) is 15.8. The zero-order valence-electron chi connectivity index (χ0n) is 20.9. The highest BCUT2D eigenvalue weighted by molar-refractivity contribution is 8.00. The molecule has 1 aliphatic carbocycles. The SMILES string of the molecule is CCCCC.COc1cc(C(=O)O)ccc1NSc1csc(-c2ccc(C3CCCCC3)cc2)n1. The number of hydrogen-bond acceptors (Lipinski definition) is 6. The Hall–Kier alpha value is -2.51. The van der Waals surface area contributed by atoms with E-state index in [1.165, 1.54) is 82.1 Å². The molecule has 1 saturated carbocycles. The van der Waals surface area contributed by atoms with Crippen molar-refractivity contribution >= 4 is 34.9 Å². The van der Waals surface area contributed by atoms with Gasteiger partial charge in [-0.1, -0.05) is 76.6 Å². The number of anilines is 1. The topological polar surface area (TPSA) is 71.5 Å². The second-order valence-corrected chi connectivity index (χ2v) is 10.4. The molecule has 35 heavy (non-hydrogen) atoms. The van der Waals surface area contributed by atoms with Crippen LogP contribution in [0.4, 0.5) is 5.69 Å². The third kappa shape index (κ3) is 8.00. The zero-order valence-corrected chi connectivity index (χ0v) is 22.5. The minimum absolute atomic E-state index is 0.190. The number of ether oxygens (including phenoxy) is 1. The molecule has 1 aliphatic rings. The lowest BCUT2D eigenvalue weighted by atomic mass is 9.84. The summed E-state index contributed by atoms with van der Waals surface area (Å²) in [6.07, 6.45) is 10.7. The second-order valence-electron chi connectivity index (χ2n) is 8.73. The third-order valence-electron chi connectivity index (χ3n) is 6.14. The Morgan fingerprint density at radius 1 is 1.11 bits per heavy atom. The average Bonchev–Trinajstić information content (AvgIpc) is 3.38. The van der Waals surface area contributed by atoms with Crippen LogP contribution in [0, 0.1) is 0 Å². The van der Waals surface area contributed by atoms with Gasteiger partial charge < -0.3 is 14.6 Å². The number of nitrogens with zero attached hydrogens (tertiary/aromatic N) is 1. The molecule has 0 unspecified atom stereocenters. The van der Waals surface area contributed by atoms with Gasteiger partial charge in [0.2, 0.25) is 0 Å². The van der Waals surface area contributed by atoms with E-state index in [2.05, 4.69) is 42.8 Å². The number of unbranched alkanes of at least 4 members (excludes halogenated alkanes) is 2. The van der Waals surface area contributed by atoms with E-state index in [0.29, 0.717) is 17.4 Å². The summed E-state index contributed by atoms with van der Waals surface area (Å²) >= 11 is 3.00. The first-order valence-electron chi connectivity index (χ1n) is 12.5. The van der Waals surface area contributed by atoms with E-state index in [1.54, 1.807) is 23.5 Å². The van der Waals surface area contributed by atoms with Crippen molar-refractivity contribution in [3.8, 4) is 16.3 Å². The van der Waals surface area contributed by atoms with Gasteiger partial charge in [0, 0.05) is 22.9 Å². The largest absolute Gasteiger partial charge is 0.495 e. The molecule has 0 bridgehead atoms.